The molecular weight excluding hydrogens is 461 g/mol. The Bertz CT molecular complexity index is 556. The van der Waals surface area contributed by atoms with Gasteiger partial charge in [0.1, 0.15) is 5.75 Å². The monoisotopic (exact) mass is 495 g/mol. The van der Waals surface area contributed by atoms with Crippen LogP contribution >= 0.6 is 24.0 Å². The van der Waals surface area contributed by atoms with Crippen molar-refractivity contribution in [2.24, 2.45) is 4.99 Å². The van der Waals surface area contributed by atoms with Gasteiger partial charge in [-0.2, -0.15) is 0 Å². The predicted octanol–water partition coefficient (Wildman–Crippen LogP) is 3.20. The Morgan fingerprint density at radius 3 is 2.15 bits per heavy atom. The first-order chi connectivity index (χ1) is 12.7. The lowest BCUT2D eigenvalue weighted by atomic mass is 10.1. The van der Waals surface area contributed by atoms with Crippen LogP contribution in [0.4, 0.5) is 0 Å². The molecular formula is C19H34IN3O4. The first-order valence-corrected chi connectivity index (χ1v) is 9.01. The lowest BCUT2D eigenvalue weighted by Crippen LogP contribution is -2.37. The molecule has 0 radical (unpaired) electrons. The summed E-state index contributed by atoms with van der Waals surface area (Å²) < 4.78 is 21.7. The van der Waals surface area contributed by atoms with Gasteiger partial charge in [0.05, 0.1) is 21.3 Å². The predicted molar refractivity (Wildman–Crippen MR) is 120 cm³/mol. The van der Waals surface area contributed by atoms with Crippen molar-refractivity contribution in [1.29, 1.82) is 0 Å². The summed E-state index contributed by atoms with van der Waals surface area (Å²) in [6.45, 7) is 5.11. The van der Waals surface area contributed by atoms with E-state index in [2.05, 4.69) is 22.5 Å². The second kappa shape index (κ2) is 15.6. The third kappa shape index (κ3) is 9.37. The van der Waals surface area contributed by atoms with Crippen LogP contribution in [0.2, 0.25) is 0 Å². The number of guanidine groups is 1. The van der Waals surface area contributed by atoms with Gasteiger partial charge in [-0.3, -0.25) is 4.99 Å². The number of benzene rings is 1. The standard InChI is InChI=1S/C19H33N3O4.HI/c1-6-7-10-26-11-8-9-21-19(20-2)22-14-15-12-17(24-4)18(25-5)13-16(15)23-3;/h12-13H,6-11,14H2,1-5H3,(H2,20,21,22);1H. The third-order valence-electron chi connectivity index (χ3n) is 3.86. The molecule has 0 amide bonds. The van der Waals surface area contributed by atoms with E-state index in [0.717, 1.165) is 56.3 Å². The van der Waals surface area contributed by atoms with Crippen LogP contribution in [0.1, 0.15) is 31.7 Å². The molecule has 0 bridgehead atoms. The van der Waals surface area contributed by atoms with E-state index >= 15 is 0 Å². The van der Waals surface area contributed by atoms with Crippen LogP contribution in [0.5, 0.6) is 17.2 Å². The fourth-order valence-corrected chi connectivity index (χ4v) is 2.36. The molecule has 0 unspecified atom stereocenters. The van der Waals surface area contributed by atoms with Crippen molar-refractivity contribution in [3.8, 4) is 17.2 Å². The Labute approximate surface area is 180 Å². The van der Waals surface area contributed by atoms with Gasteiger partial charge in [0, 0.05) is 45.0 Å². The first-order valence-electron chi connectivity index (χ1n) is 9.01. The van der Waals surface area contributed by atoms with E-state index < -0.39 is 0 Å². The summed E-state index contributed by atoms with van der Waals surface area (Å²) in [5.74, 6) is 2.77. The maximum absolute atomic E-state index is 5.55. The zero-order chi connectivity index (χ0) is 19.2. The zero-order valence-corrected chi connectivity index (χ0v) is 19.4. The number of aliphatic imine (C=N–C) groups is 1. The lowest BCUT2D eigenvalue weighted by molar-refractivity contribution is 0.129. The molecule has 0 saturated carbocycles. The molecule has 1 aromatic rings. The summed E-state index contributed by atoms with van der Waals surface area (Å²) in [6, 6.07) is 3.72. The number of nitrogens with zero attached hydrogens (tertiary/aromatic N) is 1. The van der Waals surface area contributed by atoms with Crippen molar-refractivity contribution in [3.05, 3.63) is 17.7 Å². The Morgan fingerprint density at radius 1 is 0.926 bits per heavy atom. The van der Waals surface area contributed by atoms with Gasteiger partial charge in [0.15, 0.2) is 17.5 Å². The van der Waals surface area contributed by atoms with E-state index in [1.54, 1.807) is 28.4 Å². The van der Waals surface area contributed by atoms with E-state index in [1.165, 1.54) is 0 Å². The van der Waals surface area contributed by atoms with Crippen LogP contribution in [-0.2, 0) is 11.3 Å². The second-order valence-corrected chi connectivity index (χ2v) is 5.69. The van der Waals surface area contributed by atoms with Gasteiger partial charge in [-0.15, -0.1) is 24.0 Å². The zero-order valence-electron chi connectivity index (χ0n) is 17.1. The highest BCUT2D eigenvalue weighted by Crippen LogP contribution is 2.34. The van der Waals surface area contributed by atoms with Gasteiger partial charge in [-0.25, -0.2) is 0 Å². The highest BCUT2D eigenvalue weighted by atomic mass is 127. The van der Waals surface area contributed by atoms with Gasteiger partial charge < -0.3 is 29.6 Å². The van der Waals surface area contributed by atoms with Crippen LogP contribution in [-0.4, -0.2) is 54.1 Å². The van der Waals surface area contributed by atoms with Gasteiger partial charge in [0.25, 0.3) is 0 Å². The Hall–Kier alpha value is -1.42. The van der Waals surface area contributed by atoms with Crippen LogP contribution in [0.25, 0.3) is 0 Å². The maximum atomic E-state index is 5.55. The fourth-order valence-electron chi connectivity index (χ4n) is 2.36. The molecule has 8 heteroatoms. The molecule has 0 aromatic heterocycles. The molecule has 0 aliphatic rings. The molecule has 1 aromatic carbocycles. The summed E-state index contributed by atoms with van der Waals surface area (Å²) in [6.07, 6.45) is 3.21. The summed E-state index contributed by atoms with van der Waals surface area (Å²) in [7, 11) is 6.60. The smallest absolute Gasteiger partial charge is 0.191 e. The van der Waals surface area contributed by atoms with Crippen LogP contribution in [0, 0.1) is 0 Å². The number of ether oxygens (including phenoxy) is 4. The lowest BCUT2D eigenvalue weighted by Gasteiger charge is -2.16. The number of unbranched alkanes of at least 4 members (excludes halogenated alkanes) is 1. The number of nitrogens with one attached hydrogen (secondary N) is 2. The molecule has 0 aliphatic carbocycles. The number of methoxy groups -OCH3 is 3. The van der Waals surface area contributed by atoms with E-state index in [1.807, 2.05) is 12.1 Å². The quantitative estimate of drug-likeness (QED) is 0.201. The van der Waals surface area contributed by atoms with Crippen LogP contribution < -0.4 is 24.8 Å². The minimum absolute atomic E-state index is 0. The molecule has 0 saturated heterocycles. The Morgan fingerprint density at radius 2 is 1.56 bits per heavy atom. The first kappa shape index (κ1) is 25.6. The molecule has 156 valence electrons. The molecule has 0 heterocycles. The van der Waals surface area contributed by atoms with Gasteiger partial charge in [0.2, 0.25) is 0 Å². The molecule has 27 heavy (non-hydrogen) atoms. The molecule has 7 nitrogen and oxygen atoms in total. The number of halogens is 1. The van der Waals surface area contributed by atoms with E-state index in [0.29, 0.717) is 18.0 Å². The number of rotatable bonds is 12. The van der Waals surface area contributed by atoms with Crippen LogP contribution in [0.15, 0.2) is 17.1 Å². The summed E-state index contributed by atoms with van der Waals surface area (Å²) in [4.78, 5) is 4.24. The highest BCUT2D eigenvalue weighted by molar-refractivity contribution is 14.0. The topological polar surface area (TPSA) is 73.3 Å². The van der Waals surface area contributed by atoms with Crippen molar-refractivity contribution < 1.29 is 18.9 Å². The Balaban J connectivity index is 0.00000676. The van der Waals surface area contributed by atoms with Gasteiger partial charge in [-0.1, -0.05) is 13.3 Å². The summed E-state index contributed by atoms with van der Waals surface area (Å²) in [5, 5.41) is 6.56. The van der Waals surface area contributed by atoms with Crippen molar-refractivity contribution in [1.82, 2.24) is 10.6 Å². The average molecular weight is 495 g/mol. The minimum atomic E-state index is 0. The molecule has 2 N–H and O–H groups in total. The summed E-state index contributed by atoms with van der Waals surface area (Å²) >= 11 is 0. The van der Waals surface area contributed by atoms with Crippen molar-refractivity contribution in [2.75, 3.05) is 48.1 Å². The van der Waals surface area contributed by atoms with E-state index in [-0.39, 0.29) is 24.0 Å². The summed E-state index contributed by atoms with van der Waals surface area (Å²) in [5.41, 5.74) is 0.955. The van der Waals surface area contributed by atoms with E-state index in [4.69, 9.17) is 18.9 Å². The minimum Gasteiger partial charge on any atom is -0.496 e. The number of hydrogen-bond acceptors (Lipinski definition) is 5. The molecule has 0 aliphatic heterocycles. The van der Waals surface area contributed by atoms with Crippen molar-refractivity contribution >= 4 is 29.9 Å². The second-order valence-electron chi connectivity index (χ2n) is 5.69. The maximum Gasteiger partial charge on any atom is 0.191 e. The Kier molecular flexibility index (Phi) is 14.8. The van der Waals surface area contributed by atoms with Gasteiger partial charge >= 0.3 is 0 Å². The molecule has 0 spiro atoms. The third-order valence-corrected chi connectivity index (χ3v) is 3.86. The fraction of sp³-hybridized carbons (Fsp3) is 0.632. The normalized spacial score (nSPS) is 10.8. The van der Waals surface area contributed by atoms with Gasteiger partial charge in [-0.05, 0) is 18.9 Å². The van der Waals surface area contributed by atoms with Crippen molar-refractivity contribution in [2.45, 2.75) is 32.7 Å². The SMILES string of the molecule is CCCCOCCCNC(=NC)NCc1cc(OC)c(OC)cc1OC.I. The van der Waals surface area contributed by atoms with Crippen LogP contribution in [0.3, 0.4) is 0 Å². The average Bonchev–Trinajstić information content (AvgIpc) is 2.68. The molecule has 1 rings (SSSR count). The molecule has 0 atom stereocenters. The number of hydrogen-bond donors (Lipinski definition) is 2. The highest BCUT2D eigenvalue weighted by Gasteiger charge is 2.12. The molecule has 0 fully saturated rings. The van der Waals surface area contributed by atoms with E-state index in [9.17, 15) is 0 Å². The van der Waals surface area contributed by atoms with Crippen molar-refractivity contribution in [3.63, 3.8) is 0 Å². The largest absolute Gasteiger partial charge is 0.496 e.